The number of hydrogen-bond acceptors (Lipinski definition) is 7. The van der Waals surface area contributed by atoms with Gasteiger partial charge in [0.2, 0.25) is 5.91 Å². The summed E-state index contributed by atoms with van der Waals surface area (Å²) >= 11 is 0. The first-order valence-electron chi connectivity index (χ1n) is 14.0. The van der Waals surface area contributed by atoms with Crippen LogP contribution in [-0.4, -0.2) is 56.3 Å². The maximum absolute atomic E-state index is 13.1. The molecular formula is C31H35N7O3. The molecule has 1 aromatic carbocycles. The van der Waals surface area contributed by atoms with Gasteiger partial charge < -0.3 is 20.7 Å². The molecule has 4 heterocycles. The molecule has 0 unspecified atom stereocenters. The van der Waals surface area contributed by atoms with Gasteiger partial charge in [-0.2, -0.15) is 0 Å². The number of piperidine rings is 1. The molecule has 1 aliphatic heterocycles. The van der Waals surface area contributed by atoms with Crippen molar-refractivity contribution in [1.82, 2.24) is 24.3 Å². The summed E-state index contributed by atoms with van der Waals surface area (Å²) in [5, 5.41) is 2.89. The predicted octanol–water partition coefficient (Wildman–Crippen LogP) is 4.83. The zero-order valence-corrected chi connectivity index (χ0v) is 23.4. The van der Waals surface area contributed by atoms with Crippen LogP contribution in [0.1, 0.15) is 60.4 Å². The molecule has 41 heavy (non-hydrogen) atoms. The first-order valence-corrected chi connectivity index (χ1v) is 14.0. The van der Waals surface area contributed by atoms with Crippen molar-refractivity contribution in [2.24, 2.45) is 0 Å². The SMILES string of the molecule is CCCc1ccnc(NC(=O)c2ccc(-c3nc([C@@H]4CCCCN4C(=O)/C=C/COC)n4ccnc(N)c34)cc2)c1. The topological polar surface area (TPSA) is 128 Å². The average molecular weight is 554 g/mol. The van der Waals surface area contributed by atoms with E-state index in [-0.39, 0.29) is 17.9 Å². The van der Waals surface area contributed by atoms with Crippen LogP contribution in [0.2, 0.25) is 0 Å². The van der Waals surface area contributed by atoms with E-state index in [9.17, 15) is 9.59 Å². The minimum atomic E-state index is -0.243. The van der Waals surface area contributed by atoms with Crippen LogP contribution in [0.4, 0.5) is 11.6 Å². The van der Waals surface area contributed by atoms with E-state index >= 15 is 0 Å². The molecule has 212 valence electrons. The molecule has 1 fully saturated rings. The summed E-state index contributed by atoms with van der Waals surface area (Å²) in [6.07, 6.45) is 13.1. The molecule has 0 radical (unpaired) electrons. The van der Waals surface area contributed by atoms with Gasteiger partial charge in [-0.1, -0.05) is 31.6 Å². The van der Waals surface area contributed by atoms with Gasteiger partial charge >= 0.3 is 0 Å². The Morgan fingerprint density at radius 3 is 2.76 bits per heavy atom. The Bertz CT molecular complexity index is 1560. The second-order valence-corrected chi connectivity index (χ2v) is 10.1. The van der Waals surface area contributed by atoms with E-state index < -0.39 is 0 Å². The molecule has 3 aromatic heterocycles. The van der Waals surface area contributed by atoms with Crippen molar-refractivity contribution in [3.8, 4) is 11.3 Å². The molecule has 4 aromatic rings. The number of nitrogen functional groups attached to an aromatic ring is 1. The quantitative estimate of drug-likeness (QED) is 0.284. The molecule has 10 nitrogen and oxygen atoms in total. The minimum absolute atomic E-state index is 0.0721. The number of anilines is 2. The largest absolute Gasteiger partial charge is 0.382 e. The number of carbonyl (C=O) groups excluding carboxylic acids is 2. The third kappa shape index (κ3) is 6.12. The van der Waals surface area contributed by atoms with Crippen LogP contribution in [0.5, 0.6) is 0 Å². The second-order valence-electron chi connectivity index (χ2n) is 10.1. The molecule has 3 N–H and O–H groups in total. The molecule has 0 bridgehead atoms. The van der Waals surface area contributed by atoms with Gasteiger partial charge in [-0.05, 0) is 55.5 Å². The van der Waals surface area contributed by atoms with Gasteiger partial charge in [-0.15, -0.1) is 0 Å². The van der Waals surface area contributed by atoms with E-state index in [2.05, 4.69) is 22.2 Å². The highest BCUT2D eigenvalue weighted by Gasteiger charge is 2.31. The van der Waals surface area contributed by atoms with Crippen LogP contribution in [-0.2, 0) is 16.0 Å². The molecule has 10 heteroatoms. The van der Waals surface area contributed by atoms with Gasteiger partial charge in [0.15, 0.2) is 0 Å². The first kappa shape index (κ1) is 28.0. The number of likely N-dealkylation sites (tertiary alicyclic amines) is 1. The fraction of sp³-hybridized carbons (Fsp3) is 0.323. The predicted molar refractivity (Wildman–Crippen MR) is 158 cm³/mol. The second kappa shape index (κ2) is 12.7. The standard InChI is InChI=1S/C31H35N7O3/c1-3-7-21-14-15-33-25(20-21)35-31(40)23-12-10-22(11-13-23)27-28-29(32)34-16-18-38(28)30(36-27)24-8-4-5-17-37(24)26(39)9-6-19-41-2/h6,9-16,18,20,24H,3-5,7-8,17,19H2,1-2H3,(H2,32,34)(H,33,35,40)/b9-6+/t24-/m0/s1. The zero-order chi connectivity index (χ0) is 28.8. The maximum atomic E-state index is 13.1. The average Bonchev–Trinajstić information content (AvgIpc) is 3.38. The van der Waals surface area contributed by atoms with E-state index in [1.54, 1.807) is 43.8 Å². The Hall–Kier alpha value is -4.57. The number of aromatic nitrogens is 4. The maximum Gasteiger partial charge on any atom is 0.256 e. The Morgan fingerprint density at radius 1 is 1.15 bits per heavy atom. The number of methoxy groups -OCH3 is 1. The number of rotatable bonds is 9. The number of amides is 2. The summed E-state index contributed by atoms with van der Waals surface area (Å²) in [4.78, 5) is 41.5. The summed E-state index contributed by atoms with van der Waals surface area (Å²) < 4.78 is 6.99. The van der Waals surface area contributed by atoms with Crippen molar-refractivity contribution in [1.29, 1.82) is 0 Å². The molecule has 5 rings (SSSR count). The lowest BCUT2D eigenvalue weighted by Crippen LogP contribution is -2.38. The van der Waals surface area contributed by atoms with Gasteiger partial charge in [0.25, 0.3) is 5.91 Å². The van der Waals surface area contributed by atoms with Crippen LogP contribution in [0.15, 0.2) is 67.1 Å². The van der Waals surface area contributed by atoms with Crippen molar-refractivity contribution < 1.29 is 14.3 Å². The Kier molecular flexibility index (Phi) is 8.69. The lowest BCUT2D eigenvalue weighted by Gasteiger charge is -2.34. The number of imidazole rings is 1. The van der Waals surface area contributed by atoms with Crippen molar-refractivity contribution in [3.05, 3.63) is 84.1 Å². The monoisotopic (exact) mass is 553 g/mol. The Labute approximate surface area is 239 Å². The fourth-order valence-electron chi connectivity index (χ4n) is 5.28. The van der Waals surface area contributed by atoms with Crippen molar-refractivity contribution in [2.75, 3.05) is 31.3 Å². The number of nitrogens with one attached hydrogen (secondary N) is 1. The van der Waals surface area contributed by atoms with Crippen LogP contribution in [0.3, 0.4) is 0 Å². The summed E-state index contributed by atoms with van der Waals surface area (Å²) in [5.41, 5.74) is 10.1. The molecule has 1 saturated heterocycles. The number of aryl methyl sites for hydroxylation is 1. The van der Waals surface area contributed by atoms with Crippen LogP contribution in [0, 0.1) is 0 Å². The molecule has 2 amide bonds. The van der Waals surface area contributed by atoms with E-state index in [1.165, 1.54) is 0 Å². The molecular weight excluding hydrogens is 518 g/mol. The van der Waals surface area contributed by atoms with Gasteiger partial charge in [0.05, 0.1) is 12.6 Å². The smallest absolute Gasteiger partial charge is 0.256 e. The lowest BCUT2D eigenvalue weighted by atomic mass is 10.0. The highest BCUT2D eigenvalue weighted by atomic mass is 16.5. The van der Waals surface area contributed by atoms with Crippen molar-refractivity contribution in [2.45, 2.75) is 45.1 Å². The van der Waals surface area contributed by atoms with Crippen LogP contribution in [0.25, 0.3) is 16.8 Å². The number of benzene rings is 1. The van der Waals surface area contributed by atoms with Crippen molar-refractivity contribution in [3.63, 3.8) is 0 Å². The highest BCUT2D eigenvalue weighted by Crippen LogP contribution is 2.36. The van der Waals surface area contributed by atoms with Gasteiger partial charge in [0, 0.05) is 49.4 Å². The number of pyridine rings is 1. The summed E-state index contributed by atoms with van der Waals surface area (Å²) in [6, 6.07) is 10.9. The Morgan fingerprint density at radius 2 is 1.98 bits per heavy atom. The van der Waals surface area contributed by atoms with Gasteiger partial charge in [-0.3, -0.25) is 14.0 Å². The van der Waals surface area contributed by atoms with E-state index in [1.807, 2.05) is 39.8 Å². The molecule has 0 saturated carbocycles. The molecule has 1 atom stereocenters. The van der Waals surface area contributed by atoms with E-state index in [0.717, 1.165) is 49.1 Å². The summed E-state index contributed by atoms with van der Waals surface area (Å²) in [6.45, 7) is 3.13. The molecule has 0 aliphatic carbocycles. The van der Waals surface area contributed by atoms with Crippen LogP contribution < -0.4 is 11.1 Å². The zero-order valence-electron chi connectivity index (χ0n) is 23.4. The van der Waals surface area contributed by atoms with Gasteiger partial charge in [0.1, 0.15) is 28.7 Å². The number of carbonyl (C=O) groups is 2. The minimum Gasteiger partial charge on any atom is -0.382 e. The third-order valence-electron chi connectivity index (χ3n) is 7.24. The Balaban J connectivity index is 1.44. The molecule has 1 aliphatic rings. The number of hydrogen-bond donors (Lipinski definition) is 2. The van der Waals surface area contributed by atoms with E-state index in [4.69, 9.17) is 15.5 Å². The highest BCUT2D eigenvalue weighted by molar-refractivity contribution is 6.04. The summed E-state index contributed by atoms with van der Waals surface area (Å²) in [7, 11) is 1.59. The normalized spacial score (nSPS) is 15.5. The lowest BCUT2D eigenvalue weighted by molar-refractivity contribution is -0.130. The van der Waals surface area contributed by atoms with Crippen molar-refractivity contribution >= 4 is 29.0 Å². The van der Waals surface area contributed by atoms with E-state index in [0.29, 0.717) is 41.6 Å². The number of nitrogens with zero attached hydrogens (tertiary/aromatic N) is 5. The fourth-order valence-corrected chi connectivity index (χ4v) is 5.28. The number of fused-ring (bicyclic) bond motifs is 1. The number of ether oxygens (including phenoxy) is 1. The summed E-state index contributed by atoms with van der Waals surface area (Å²) in [5.74, 6) is 1.29. The van der Waals surface area contributed by atoms with Gasteiger partial charge in [-0.25, -0.2) is 15.0 Å². The first-order chi connectivity index (χ1) is 20.0. The molecule has 0 spiro atoms. The third-order valence-corrected chi connectivity index (χ3v) is 7.24. The number of nitrogens with two attached hydrogens (primary N) is 1. The van der Waals surface area contributed by atoms with Crippen LogP contribution >= 0.6 is 0 Å².